The Hall–Kier alpha value is -3.13. The highest BCUT2D eigenvalue weighted by atomic mass is 19.1. The molecule has 0 aliphatic carbocycles. The van der Waals surface area contributed by atoms with Gasteiger partial charge < -0.3 is 20.3 Å². The number of nitrogens with zero attached hydrogens (tertiary/aromatic N) is 1. The largest absolute Gasteiger partial charge is 0.495 e. The first-order chi connectivity index (χ1) is 13.9. The van der Waals surface area contributed by atoms with Crippen molar-refractivity contribution >= 4 is 17.6 Å². The number of carboxylic acid groups (broad SMARTS) is 2. The van der Waals surface area contributed by atoms with Crippen molar-refractivity contribution < 1.29 is 28.9 Å². The van der Waals surface area contributed by atoms with Crippen molar-refractivity contribution in [3.05, 3.63) is 59.9 Å². The minimum absolute atomic E-state index is 0.109. The van der Waals surface area contributed by atoms with Crippen LogP contribution < -0.4 is 10.1 Å². The van der Waals surface area contributed by atoms with Gasteiger partial charge in [0.25, 0.3) is 0 Å². The third kappa shape index (κ3) is 7.08. The van der Waals surface area contributed by atoms with Gasteiger partial charge in [0.05, 0.1) is 12.8 Å². The molecule has 1 aliphatic heterocycles. The smallest absolute Gasteiger partial charge is 0.414 e. The number of methoxy groups -OCH3 is 1. The van der Waals surface area contributed by atoms with Gasteiger partial charge >= 0.3 is 11.9 Å². The van der Waals surface area contributed by atoms with E-state index in [1.807, 2.05) is 36.4 Å². The van der Waals surface area contributed by atoms with Gasteiger partial charge in [-0.15, -0.1) is 0 Å². The van der Waals surface area contributed by atoms with Crippen molar-refractivity contribution in [2.75, 3.05) is 25.5 Å². The van der Waals surface area contributed by atoms with Crippen LogP contribution in [0, 0.1) is 5.82 Å². The molecule has 1 heterocycles. The van der Waals surface area contributed by atoms with E-state index in [4.69, 9.17) is 24.5 Å². The number of carbonyl (C=O) groups is 2. The fourth-order valence-corrected chi connectivity index (χ4v) is 3.09. The van der Waals surface area contributed by atoms with E-state index in [0.717, 1.165) is 42.9 Å². The number of carboxylic acids is 2. The number of anilines is 1. The standard InChI is InChI=1S/C19H23FN2O.C2H2O4/c1-23-19-9-5-4-8-18(19)21-16-10-12-22(13-11-16)14-15-6-2-3-7-17(15)20;3-1(4)2(5)6/h2-9,16,21H,10-14H2,1H3;(H,3,4)(H,5,6). The SMILES string of the molecule is COc1ccccc1NC1CCN(Cc2ccccc2F)CC1.O=C(O)C(=O)O. The van der Waals surface area contributed by atoms with Gasteiger partial charge in [0.15, 0.2) is 0 Å². The lowest BCUT2D eigenvalue weighted by Crippen LogP contribution is -2.38. The van der Waals surface area contributed by atoms with Crippen molar-refractivity contribution in [3.63, 3.8) is 0 Å². The van der Waals surface area contributed by atoms with E-state index in [2.05, 4.69) is 10.2 Å². The van der Waals surface area contributed by atoms with Crippen LogP contribution in [0.2, 0.25) is 0 Å². The molecule has 0 bridgehead atoms. The molecule has 0 spiro atoms. The maximum Gasteiger partial charge on any atom is 0.414 e. The van der Waals surface area contributed by atoms with E-state index in [-0.39, 0.29) is 5.82 Å². The number of likely N-dealkylation sites (tertiary alicyclic amines) is 1. The van der Waals surface area contributed by atoms with Crippen LogP contribution in [0.1, 0.15) is 18.4 Å². The Labute approximate surface area is 168 Å². The van der Waals surface area contributed by atoms with Crippen LogP contribution in [0.4, 0.5) is 10.1 Å². The lowest BCUT2D eigenvalue weighted by atomic mass is 10.0. The second-order valence-electron chi connectivity index (χ2n) is 6.60. The minimum Gasteiger partial charge on any atom is -0.495 e. The molecule has 1 fully saturated rings. The molecule has 1 saturated heterocycles. The van der Waals surface area contributed by atoms with Gasteiger partial charge in [-0.1, -0.05) is 30.3 Å². The maximum atomic E-state index is 13.7. The molecule has 0 radical (unpaired) electrons. The number of para-hydroxylation sites is 2. The van der Waals surface area contributed by atoms with Crippen molar-refractivity contribution in [2.45, 2.75) is 25.4 Å². The molecule has 8 heteroatoms. The second kappa shape index (κ2) is 11.0. The lowest BCUT2D eigenvalue weighted by Gasteiger charge is -2.33. The molecule has 0 amide bonds. The minimum atomic E-state index is -1.82. The summed E-state index contributed by atoms with van der Waals surface area (Å²) in [6.07, 6.45) is 2.10. The monoisotopic (exact) mass is 404 g/mol. The van der Waals surface area contributed by atoms with Crippen LogP contribution in [0.3, 0.4) is 0 Å². The zero-order valence-electron chi connectivity index (χ0n) is 16.2. The topological polar surface area (TPSA) is 99.1 Å². The van der Waals surface area contributed by atoms with E-state index < -0.39 is 11.9 Å². The van der Waals surface area contributed by atoms with Crippen LogP contribution in [-0.4, -0.2) is 53.3 Å². The molecule has 0 aromatic heterocycles. The maximum absolute atomic E-state index is 13.7. The summed E-state index contributed by atoms with van der Waals surface area (Å²) >= 11 is 0. The molecule has 29 heavy (non-hydrogen) atoms. The van der Waals surface area contributed by atoms with Crippen LogP contribution in [0.15, 0.2) is 48.5 Å². The van der Waals surface area contributed by atoms with Gasteiger partial charge in [-0.05, 0) is 31.0 Å². The Balaban J connectivity index is 0.000000438. The van der Waals surface area contributed by atoms with Gasteiger partial charge in [0, 0.05) is 31.2 Å². The van der Waals surface area contributed by atoms with E-state index in [1.165, 1.54) is 6.07 Å². The molecular formula is C21H25FN2O5. The number of ether oxygens (including phenoxy) is 1. The second-order valence-corrected chi connectivity index (χ2v) is 6.60. The van der Waals surface area contributed by atoms with Crippen molar-refractivity contribution in [1.82, 2.24) is 4.90 Å². The zero-order valence-corrected chi connectivity index (χ0v) is 16.2. The molecule has 0 saturated carbocycles. The Kier molecular flexibility index (Phi) is 8.42. The third-order valence-electron chi connectivity index (χ3n) is 4.59. The summed E-state index contributed by atoms with van der Waals surface area (Å²) in [5.41, 5.74) is 1.83. The molecule has 1 aliphatic rings. The zero-order chi connectivity index (χ0) is 21.2. The summed E-state index contributed by atoms with van der Waals surface area (Å²) < 4.78 is 19.1. The first-order valence-electron chi connectivity index (χ1n) is 9.22. The molecule has 2 aromatic rings. The summed E-state index contributed by atoms with van der Waals surface area (Å²) in [5.74, 6) is -2.88. The van der Waals surface area contributed by atoms with Gasteiger partial charge in [-0.3, -0.25) is 4.90 Å². The van der Waals surface area contributed by atoms with Crippen LogP contribution in [0.5, 0.6) is 5.75 Å². The van der Waals surface area contributed by atoms with Gasteiger partial charge in [-0.2, -0.15) is 0 Å². The molecule has 0 unspecified atom stereocenters. The number of rotatable bonds is 5. The van der Waals surface area contributed by atoms with Crippen molar-refractivity contribution in [1.29, 1.82) is 0 Å². The summed E-state index contributed by atoms with van der Waals surface area (Å²) in [6.45, 7) is 2.64. The third-order valence-corrected chi connectivity index (χ3v) is 4.59. The summed E-state index contributed by atoms with van der Waals surface area (Å²) in [6, 6.07) is 15.5. The predicted molar refractivity (Wildman–Crippen MR) is 107 cm³/mol. The van der Waals surface area contributed by atoms with Gasteiger partial charge in [0.2, 0.25) is 0 Å². The quantitative estimate of drug-likeness (QED) is 0.659. The number of benzene rings is 2. The Morgan fingerprint density at radius 2 is 1.66 bits per heavy atom. The van der Waals surface area contributed by atoms with E-state index in [1.54, 1.807) is 13.2 Å². The number of aliphatic carboxylic acids is 2. The Bertz CT molecular complexity index is 810. The first-order valence-corrected chi connectivity index (χ1v) is 9.22. The molecule has 0 atom stereocenters. The van der Waals surface area contributed by atoms with E-state index in [9.17, 15) is 4.39 Å². The summed E-state index contributed by atoms with van der Waals surface area (Å²) in [5, 5.41) is 18.4. The fraction of sp³-hybridized carbons (Fsp3) is 0.333. The molecule has 2 aromatic carbocycles. The highest BCUT2D eigenvalue weighted by Gasteiger charge is 2.20. The van der Waals surface area contributed by atoms with Crippen LogP contribution in [0.25, 0.3) is 0 Å². The fourth-order valence-electron chi connectivity index (χ4n) is 3.09. The van der Waals surface area contributed by atoms with E-state index >= 15 is 0 Å². The first kappa shape index (κ1) is 22.2. The summed E-state index contributed by atoms with van der Waals surface area (Å²) in [7, 11) is 1.69. The van der Waals surface area contributed by atoms with E-state index in [0.29, 0.717) is 12.6 Å². The molecular weight excluding hydrogens is 379 g/mol. The number of nitrogens with one attached hydrogen (secondary N) is 1. The molecule has 3 N–H and O–H groups in total. The summed E-state index contributed by atoms with van der Waals surface area (Å²) in [4.78, 5) is 20.5. The highest BCUT2D eigenvalue weighted by molar-refractivity contribution is 6.27. The molecule has 156 valence electrons. The average molecular weight is 404 g/mol. The Morgan fingerprint density at radius 1 is 1.07 bits per heavy atom. The number of piperidine rings is 1. The molecule has 3 rings (SSSR count). The lowest BCUT2D eigenvalue weighted by molar-refractivity contribution is -0.159. The average Bonchev–Trinajstić information content (AvgIpc) is 2.72. The van der Waals surface area contributed by atoms with Gasteiger partial charge in [-0.25, -0.2) is 14.0 Å². The number of hydrogen-bond donors (Lipinski definition) is 3. The predicted octanol–water partition coefficient (Wildman–Crippen LogP) is 3.07. The van der Waals surface area contributed by atoms with Crippen LogP contribution in [-0.2, 0) is 16.1 Å². The van der Waals surface area contributed by atoms with Gasteiger partial charge in [0.1, 0.15) is 11.6 Å². The van der Waals surface area contributed by atoms with Crippen molar-refractivity contribution in [3.8, 4) is 5.75 Å². The number of halogens is 1. The highest BCUT2D eigenvalue weighted by Crippen LogP contribution is 2.26. The van der Waals surface area contributed by atoms with Crippen molar-refractivity contribution in [2.24, 2.45) is 0 Å². The molecule has 7 nitrogen and oxygen atoms in total. The number of hydrogen-bond acceptors (Lipinski definition) is 5. The Morgan fingerprint density at radius 3 is 2.24 bits per heavy atom. The van der Waals surface area contributed by atoms with Crippen LogP contribution >= 0.6 is 0 Å². The normalized spacial score (nSPS) is 14.4.